The molecule has 0 aliphatic carbocycles. The Kier molecular flexibility index (Phi) is 8.56. The van der Waals surface area contributed by atoms with Crippen LogP contribution in [0.15, 0.2) is 18.3 Å². The highest BCUT2D eigenvalue weighted by atomic mass is 35.5. The van der Waals surface area contributed by atoms with E-state index >= 15 is 0 Å². The summed E-state index contributed by atoms with van der Waals surface area (Å²) in [5, 5.41) is 8.71. The second kappa shape index (κ2) is 11.8. The van der Waals surface area contributed by atoms with E-state index in [9.17, 15) is 19.2 Å². The smallest absolute Gasteiger partial charge is 0.409 e. The van der Waals surface area contributed by atoms with E-state index in [-0.39, 0.29) is 25.5 Å². The van der Waals surface area contributed by atoms with E-state index in [4.69, 9.17) is 16.3 Å². The molecule has 4 heterocycles. The molecule has 3 N–H and O–H groups in total. The predicted octanol–water partition coefficient (Wildman–Crippen LogP) is 1.26. The summed E-state index contributed by atoms with van der Waals surface area (Å²) in [7, 11) is 2.01. The van der Waals surface area contributed by atoms with Crippen LogP contribution < -0.4 is 16.0 Å². The van der Waals surface area contributed by atoms with Gasteiger partial charge in [0.1, 0.15) is 5.82 Å². The fourth-order valence-corrected chi connectivity index (χ4v) is 5.36. The number of thiazole rings is 1. The third-order valence-electron chi connectivity index (χ3n) is 6.06. The van der Waals surface area contributed by atoms with Crippen molar-refractivity contribution < 1.29 is 23.9 Å². The maximum absolute atomic E-state index is 13.1. The lowest BCUT2D eigenvalue weighted by molar-refractivity contribution is -0.136. The molecule has 198 valence electrons. The highest BCUT2D eigenvalue weighted by Gasteiger charge is 2.36. The van der Waals surface area contributed by atoms with E-state index in [0.29, 0.717) is 16.5 Å². The summed E-state index contributed by atoms with van der Waals surface area (Å²) in [5.74, 6) is -2.03. The lowest BCUT2D eigenvalue weighted by Crippen LogP contribution is -2.62. The maximum Gasteiger partial charge on any atom is 0.409 e. The van der Waals surface area contributed by atoms with Gasteiger partial charge in [-0.25, -0.2) is 14.8 Å². The number of halogens is 1. The molecular weight excluding hydrogens is 522 g/mol. The summed E-state index contributed by atoms with van der Waals surface area (Å²) >= 11 is 7.13. The molecule has 2 aliphatic rings. The molecule has 0 aromatic carbocycles. The first-order chi connectivity index (χ1) is 17.7. The van der Waals surface area contributed by atoms with Crippen molar-refractivity contribution in [1.29, 1.82) is 0 Å². The summed E-state index contributed by atoms with van der Waals surface area (Å²) in [6.07, 6.45) is 1.92. The van der Waals surface area contributed by atoms with Gasteiger partial charge >= 0.3 is 17.9 Å². The van der Waals surface area contributed by atoms with Crippen LogP contribution in [-0.2, 0) is 27.3 Å². The van der Waals surface area contributed by atoms with Crippen LogP contribution in [0.4, 0.5) is 10.6 Å². The molecule has 0 radical (unpaired) electrons. The normalized spacial score (nSPS) is 19.5. The minimum Gasteiger partial charge on any atom is -0.450 e. The first kappa shape index (κ1) is 26.8. The predicted molar refractivity (Wildman–Crippen MR) is 136 cm³/mol. The number of likely N-dealkylation sites (N-methyl/N-ethyl adjacent to an activating group) is 1. The van der Waals surface area contributed by atoms with Gasteiger partial charge in [-0.15, -0.1) is 11.3 Å². The lowest BCUT2D eigenvalue weighted by atomic mass is 9.99. The van der Waals surface area contributed by atoms with Crippen LogP contribution >= 0.6 is 22.9 Å². The molecule has 1 saturated heterocycles. The van der Waals surface area contributed by atoms with E-state index in [2.05, 4.69) is 30.8 Å². The summed E-state index contributed by atoms with van der Waals surface area (Å²) < 4.78 is 5.11. The molecule has 0 spiro atoms. The largest absolute Gasteiger partial charge is 0.450 e. The van der Waals surface area contributed by atoms with Gasteiger partial charge in [0.15, 0.2) is 5.01 Å². The maximum atomic E-state index is 13.1. The van der Waals surface area contributed by atoms with E-state index in [1.165, 1.54) is 34.6 Å². The van der Waals surface area contributed by atoms with Crippen LogP contribution in [0, 0.1) is 0 Å². The number of rotatable bonds is 5. The molecule has 0 saturated carbocycles. The van der Waals surface area contributed by atoms with Gasteiger partial charge in [0.05, 0.1) is 29.4 Å². The number of anilines is 1. The van der Waals surface area contributed by atoms with Crippen molar-refractivity contribution in [3.63, 3.8) is 0 Å². The minimum absolute atomic E-state index is 0.101. The number of hydrogen-bond acceptors (Lipinski definition) is 9. The molecule has 1 unspecified atom stereocenters. The Balaban J connectivity index is 1.44. The van der Waals surface area contributed by atoms with Crippen LogP contribution in [0.25, 0.3) is 0 Å². The Bertz CT molecular complexity index is 1170. The van der Waals surface area contributed by atoms with Crippen molar-refractivity contribution in [2.75, 3.05) is 38.6 Å². The van der Waals surface area contributed by atoms with Gasteiger partial charge in [-0.1, -0.05) is 11.6 Å². The first-order valence-electron chi connectivity index (χ1n) is 11.9. The number of pyridine rings is 1. The fraction of sp³-hybridized carbons (Fsp3) is 0.478. The van der Waals surface area contributed by atoms with Crippen molar-refractivity contribution >= 4 is 52.6 Å². The number of fused-ring (bicyclic) bond motifs is 1. The Hall–Kier alpha value is -3.29. The van der Waals surface area contributed by atoms with Gasteiger partial charge in [0.25, 0.3) is 5.91 Å². The number of nitrogens with one attached hydrogen (secondary N) is 3. The molecule has 37 heavy (non-hydrogen) atoms. The molecule has 2 atom stereocenters. The van der Waals surface area contributed by atoms with Crippen molar-refractivity contribution in [2.45, 2.75) is 38.4 Å². The van der Waals surface area contributed by atoms with Crippen LogP contribution in [0.2, 0.25) is 5.02 Å². The summed E-state index contributed by atoms with van der Waals surface area (Å²) in [4.78, 5) is 63.7. The standard InChI is InChI=1S/C23H28ClN7O5S/c1-3-36-23(35)31-9-7-14(26-19(32)20(33)29-18-5-4-13(24)10-25-18)16(11-31)27-21(34)22-28-15-6-8-30(2)12-17(15)37-22/h4-5,10,14,16H,3,6-9,11-12H2,1-2H3,(H,26,32)(H,27,34)(H,25,29,33)/t14-,16?/m0/s1. The lowest BCUT2D eigenvalue weighted by Gasteiger charge is -2.38. The second-order valence-electron chi connectivity index (χ2n) is 8.79. The Morgan fingerprint density at radius 2 is 1.97 bits per heavy atom. The van der Waals surface area contributed by atoms with Gasteiger partial charge in [-0.05, 0) is 32.5 Å². The van der Waals surface area contributed by atoms with E-state index in [1.54, 1.807) is 6.92 Å². The molecule has 0 bridgehead atoms. The molecule has 2 aromatic rings. The van der Waals surface area contributed by atoms with E-state index in [0.717, 1.165) is 30.1 Å². The number of ether oxygens (including phenoxy) is 1. The topological polar surface area (TPSA) is 146 Å². The summed E-state index contributed by atoms with van der Waals surface area (Å²) in [6.45, 7) is 3.91. The van der Waals surface area contributed by atoms with Gasteiger partial charge in [0.2, 0.25) is 0 Å². The Labute approximate surface area is 222 Å². The van der Waals surface area contributed by atoms with Gasteiger partial charge < -0.3 is 30.5 Å². The second-order valence-corrected chi connectivity index (χ2v) is 10.3. The molecular formula is C23H28ClN7O5S. The fourth-order valence-electron chi connectivity index (χ4n) is 4.16. The van der Waals surface area contributed by atoms with Crippen molar-refractivity contribution in [3.8, 4) is 0 Å². The average Bonchev–Trinajstić information content (AvgIpc) is 3.30. The molecule has 1 fully saturated rings. The Morgan fingerprint density at radius 1 is 1.16 bits per heavy atom. The van der Waals surface area contributed by atoms with Gasteiger partial charge in [-0.2, -0.15) is 0 Å². The molecule has 14 heteroatoms. The van der Waals surface area contributed by atoms with Gasteiger partial charge in [0, 0.05) is 43.7 Å². The van der Waals surface area contributed by atoms with Gasteiger partial charge in [-0.3, -0.25) is 14.4 Å². The number of carbonyl (C=O) groups is 4. The quantitative estimate of drug-likeness (QED) is 0.473. The van der Waals surface area contributed by atoms with E-state index < -0.39 is 35.9 Å². The number of amides is 4. The monoisotopic (exact) mass is 549 g/mol. The van der Waals surface area contributed by atoms with E-state index in [1.807, 2.05) is 7.05 Å². The number of piperidine rings is 1. The number of carbonyl (C=O) groups excluding carboxylic acids is 4. The molecule has 12 nitrogen and oxygen atoms in total. The SMILES string of the molecule is CCOC(=O)N1CC[C@H](NC(=O)C(=O)Nc2ccc(Cl)cn2)C(NC(=O)c2nc3c(s2)CN(C)CC3)C1. The zero-order valence-corrected chi connectivity index (χ0v) is 22.0. The Morgan fingerprint density at radius 3 is 2.70 bits per heavy atom. The number of aromatic nitrogens is 2. The van der Waals surface area contributed by atoms with Crippen molar-refractivity contribution in [3.05, 3.63) is 38.9 Å². The third kappa shape index (κ3) is 6.73. The third-order valence-corrected chi connectivity index (χ3v) is 7.37. The van der Waals surface area contributed by atoms with Crippen molar-refractivity contribution in [2.24, 2.45) is 0 Å². The molecule has 4 amide bonds. The molecule has 2 aliphatic heterocycles. The van der Waals surface area contributed by atoms with Crippen LogP contribution in [0.1, 0.15) is 33.7 Å². The minimum atomic E-state index is -0.913. The summed E-state index contributed by atoms with van der Waals surface area (Å²) in [6, 6.07) is 1.74. The van der Waals surface area contributed by atoms with Crippen LogP contribution in [-0.4, -0.2) is 89.0 Å². The average molecular weight is 550 g/mol. The summed E-state index contributed by atoms with van der Waals surface area (Å²) in [5.41, 5.74) is 0.919. The highest BCUT2D eigenvalue weighted by molar-refractivity contribution is 7.13. The molecule has 4 rings (SSSR count). The number of hydrogen-bond donors (Lipinski definition) is 3. The zero-order valence-electron chi connectivity index (χ0n) is 20.5. The van der Waals surface area contributed by atoms with Crippen LogP contribution in [0.5, 0.6) is 0 Å². The number of nitrogens with zero attached hydrogens (tertiary/aromatic N) is 4. The highest BCUT2D eigenvalue weighted by Crippen LogP contribution is 2.25. The molecule has 2 aromatic heterocycles. The van der Waals surface area contributed by atoms with Crippen LogP contribution in [0.3, 0.4) is 0 Å². The number of likely N-dealkylation sites (tertiary alicyclic amines) is 1. The van der Waals surface area contributed by atoms with Crippen molar-refractivity contribution in [1.82, 2.24) is 30.4 Å². The first-order valence-corrected chi connectivity index (χ1v) is 13.1. The zero-order chi connectivity index (χ0) is 26.5.